The lowest BCUT2D eigenvalue weighted by Crippen LogP contribution is -2.36. The van der Waals surface area contributed by atoms with Gasteiger partial charge in [-0.25, -0.2) is 4.98 Å². The second kappa shape index (κ2) is 10.6. The summed E-state index contributed by atoms with van der Waals surface area (Å²) >= 11 is 6.01. The van der Waals surface area contributed by atoms with Gasteiger partial charge in [-0.3, -0.25) is 4.79 Å². The van der Waals surface area contributed by atoms with Crippen molar-refractivity contribution in [1.82, 2.24) is 10.3 Å². The third kappa shape index (κ3) is 5.67. The van der Waals surface area contributed by atoms with Crippen molar-refractivity contribution in [3.63, 3.8) is 0 Å². The number of aliphatic hydroxyl groups excluding tert-OH is 1. The zero-order valence-electron chi connectivity index (χ0n) is 17.8. The van der Waals surface area contributed by atoms with Crippen LogP contribution in [0.4, 0.5) is 0 Å². The number of nitrogens with one attached hydrogen (secondary N) is 1. The molecule has 1 amide bonds. The highest BCUT2D eigenvalue weighted by Crippen LogP contribution is 2.27. The lowest BCUT2D eigenvalue weighted by atomic mass is 9.86. The summed E-state index contributed by atoms with van der Waals surface area (Å²) in [5.74, 6) is 0.108. The summed E-state index contributed by atoms with van der Waals surface area (Å²) in [4.78, 5) is 17.6. The van der Waals surface area contributed by atoms with E-state index in [2.05, 4.69) is 10.3 Å². The van der Waals surface area contributed by atoms with Crippen LogP contribution in [0.3, 0.4) is 0 Å². The number of nitrogens with zero attached hydrogens (tertiary/aromatic N) is 1. The summed E-state index contributed by atoms with van der Waals surface area (Å²) in [5, 5.41) is 13.9. The molecule has 0 radical (unpaired) electrons. The second-order valence-electron chi connectivity index (χ2n) is 8.18. The van der Waals surface area contributed by atoms with Crippen LogP contribution in [0.2, 0.25) is 5.02 Å². The van der Waals surface area contributed by atoms with Crippen LogP contribution >= 0.6 is 11.6 Å². The normalized spacial score (nSPS) is 18.2. The Balaban J connectivity index is 1.55. The Labute approximate surface area is 193 Å². The molecule has 5 nitrogen and oxygen atoms in total. The van der Waals surface area contributed by atoms with Crippen LogP contribution in [-0.4, -0.2) is 28.6 Å². The molecule has 0 aliphatic heterocycles. The van der Waals surface area contributed by atoms with Gasteiger partial charge >= 0.3 is 0 Å². The molecule has 0 bridgehead atoms. The number of amides is 1. The van der Waals surface area contributed by atoms with E-state index in [0.29, 0.717) is 23.7 Å². The fourth-order valence-electron chi connectivity index (χ4n) is 4.00. The average Bonchev–Trinajstić information content (AvgIpc) is 2.83. The number of hydrogen-bond donors (Lipinski definition) is 2. The minimum absolute atomic E-state index is 0.0776. The Bertz CT molecular complexity index is 1040. The molecule has 2 atom stereocenters. The Morgan fingerprint density at radius 2 is 1.81 bits per heavy atom. The predicted octanol–water partition coefficient (Wildman–Crippen LogP) is 5.26. The summed E-state index contributed by atoms with van der Waals surface area (Å²) in [5.41, 5.74) is 3.08. The summed E-state index contributed by atoms with van der Waals surface area (Å²) < 4.78 is 5.92. The molecule has 1 heterocycles. The highest BCUT2D eigenvalue weighted by molar-refractivity contribution is 6.30. The number of rotatable bonds is 7. The van der Waals surface area contributed by atoms with Gasteiger partial charge in [-0.1, -0.05) is 66.9 Å². The molecule has 1 aromatic heterocycles. The largest absolute Gasteiger partial charge is 0.472 e. The maximum absolute atomic E-state index is 13.1. The Hall–Kier alpha value is -2.89. The Morgan fingerprint density at radius 1 is 1.06 bits per heavy atom. The van der Waals surface area contributed by atoms with E-state index in [4.69, 9.17) is 16.3 Å². The van der Waals surface area contributed by atoms with Crippen molar-refractivity contribution in [3.8, 4) is 17.0 Å². The van der Waals surface area contributed by atoms with Gasteiger partial charge in [0.1, 0.15) is 12.2 Å². The Kier molecular flexibility index (Phi) is 7.40. The van der Waals surface area contributed by atoms with Gasteiger partial charge in [-0.15, -0.1) is 0 Å². The number of aromatic nitrogens is 1. The fraction of sp³-hybridized carbons (Fsp3) is 0.308. The van der Waals surface area contributed by atoms with Gasteiger partial charge in [0.25, 0.3) is 5.91 Å². The van der Waals surface area contributed by atoms with Gasteiger partial charge in [0.05, 0.1) is 6.10 Å². The topological polar surface area (TPSA) is 71.5 Å². The molecule has 3 aromatic rings. The average molecular weight is 451 g/mol. The minimum Gasteiger partial charge on any atom is -0.472 e. The molecule has 0 spiro atoms. The highest BCUT2D eigenvalue weighted by Gasteiger charge is 2.24. The van der Waals surface area contributed by atoms with E-state index in [1.54, 1.807) is 24.4 Å². The lowest BCUT2D eigenvalue weighted by Gasteiger charge is -2.27. The molecule has 6 heteroatoms. The molecule has 2 aromatic carbocycles. The van der Waals surface area contributed by atoms with Gasteiger partial charge < -0.3 is 15.2 Å². The first-order valence-corrected chi connectivity index (χ1v) is 11.4. The molecule has 32 heavy (non-hydrogen) atoms. The summed E-state index contributed by atoms with van der Waals surface area (Å²) in [6, 6.07) is 19.0. The van der Waals surface area contributed by atoms with Crippen LogP contribution in [0.1, 0.15) is 41.6 Å². The van der Waals surface area contributed by atoms with Crippen LogP contribution in [0, 0.1) is 5.92 Å². The first kappa shape index (κ1) is 22.3. The zero-order valence-corrected chi connectivity index (χ0v) is 18.6. The van der Waals surface area contributed by atoms with Crippen molar-refractivity contribution in [2.45, 2.75) is 38.4 Å². The van der Waals surface area contributed by atoms with E-state index in [1.165, 1.54) is 0 Å². The van der Waals surface area contributed by atoms with E-state index in [-0.39, 0.29) is 23.8 Å². The third-order valence-electron chi connectivity index (χ3n) is 5.89. The fourth-order valence-corrected chi connectivity index (χ4v) is 4.13. The van der Waals surface area contributed by atoms with Crippen molar-refractivity contribution in [2.75, 3.05) is 6.54 Å². The summed E-state index contributed by atoms with van der Waals surface area (Å²) in [6.45, 7) is 0.749. The van der Waals surface area contributed by atoms with Crippen LogP contribution < -0.4 is 10.1 Å². The monoisotopic (exact) mass is 450 g/mol. The van der Waals surface area contributed by atoms with Crippen LogP contribution in [0.5, 0.6) is 5.88 Å². The summed E-state index contributed by atoms with van der Waals surface area (Å²) in [6.07, 6.45) is 5.16. The van der Waals surface area contributed by atoms with E-state index in [0.717, 1.165) is 42.4 Å². The summed E-state index contributed by atoms with van der Waals surface area (Å²) in [7, 11) is 0. The molecule has 1 fully saturated rings. The smallest absolute Gasteiger partial charge is 0.256 e. The number of halogens is 1. The first-order chi connectivity index (χ1) is 15.6. The van der Waals surface area contributed by atoms with Gasteiger partial charge in [0.15, 0.2) is 0 Å². The number of pyridine rings is 1. The number of aliphatic hydroxyl groups is 1. The predicted molar refractivity (Wildman–Crippen MR) is 126 cm³/mol. The molecule has 166 valence electrons. The molecular weight excluding hydrogens is 424 g/mol. The van der Waals surface area contributed by atoms with E-state index < -0.39 is 0 Å². The number of carbonyl (C=O) groups excluding carboxylic acids is 1. The molecular formula is C26H27ClN2O3. The number of hydrogen-bond acceptors (Lipinski definition) is 4. The van der Waals surface area contributed by atoms with Crippen LogP contribution in [-0.2, 0) is 6.61 Å². The van der Waals surface area contributed by atoms with Crippen molar-refractivity contribution < 1.29 is 14.6 Å². The van der Waals surface area contributed by atoms with E-state index in [9.17, 15) is 9.90 Å². The van der Waals surface area contributed by atoms with Crippen molar-refractivity contribution in [2.24, 2.45) is 5.92 Å². The van der Waals surface area contributed by atoms with Gasteiger partial charge in [-0.05, 0) is 42.2 Å². The molecule has 1 aliphatic rings. The maximum atomic E-state index is 13.1. The standard InChI is InChI=1S/C26H27ClN2O3/c27-22-12-10-19(11-13-22)21-14-23(25(31)28-15-20-8-4-5-9-24(20)30)26(29-16-21)32-17-18-6-2-1-3-7-18/h1-3,6-7,10-14,16,20,24,30H,4-5,8-9,15,17H2,(H,28,31). The van der Waals surface area contributed by atoms with Gasteiger partial charge in [0.2, 0.25) is 5.88 Å². The van der Waals surface area contributed by atoms with Crippen molar-refractivity contribution in [3.05, 3.63) is 83.0 Å². The molecule has 1 saturated carbocycles. The highest BCUT2D eigenvalue weighted by atomic mass is 35.5. The van der Waals surface area contributed by atoms with Crippen molar-refractivity contribution >= 4 is 17.5 Å². The molecule has 4 rings (SSSR count). The molecule has 2 unspecified atom stereocenters. The molecule has 1 aliphatic carbocycles. The number of benzene rings is 2. The SMILES string of the molecule is O=C(NCC1CCCCC1O)c1cc(-c2ccc(Cl)cc2)cnc1OCc1ccccc1. The third-order valence-corrected chi connectivity index (χ3v) is 6.14. The Morgan fingerprint density at radius 3 is 2.56 bits per heavy atom. The van der Waals surface area contributed by atoms with Gasteiger partial charge in [-0.2, -0.15) is 0 Å². The zero-order chi connectivity index (χ0) is 22.3. The van der Waals surface area contributed by atoms with Crippen LogP contribution in [0.15, 0.2) is 66.9 Å². The molecule has 0 saturated heterocycles. The van der Waals surface area contributed by atoms with Gasteiger partial charge in [0, 0.05) is 29.2 Å². The number of carbonyl (C=O) groups is 1. The van der Waals surface area contributed by atoms with E-state index >= 15 is 0 Å². The molecule has 2 N–H and O–H groups in total. The van der Waals surface area contributed by atoms with Crippen molar-refractivity contribution in [1.29, 1.82) is 0 Å². The first-order valence-electron chi connectivity index (χ1n) is 11.0. The number of ether oxygens (including phenoxy) is 1. The second-order valence-corrected chi connectivity index (χ2v) is 8.62. The van der Waals surface area contributed by atoms with E-state index in [1.807, 2.05) is 42.5 Å². The minimum atomic E-state index is -0.364. The quantitative estimate of drug-likeness (QED) is 0.515. The van der Waals surface area contributed by atoms with Crippen LogP contribution in [0.25, 0.3) is 11.1 Å². The lowest BCUT2D eigenvalue weighted by molar-refractivity contribution is 0.0662. The maximum Gasteiger partial charge on any atom is 0.256 e.